The van der Waals surface area contributed by atoms with E-state index >= 15 is 0 Å². The Hall–Kier alpha value is -1.10. The Labute approximate surface area is 114 Å². The van der Waals surface area contributed by atoms with Crippen LogP contribution in [0.5, 0.6) is 5.75 Å². The van der Waals surface area contributed by atoms with Gasteiger partial charge in [-0.15, -0.1) is 0 Å². The molecule has 19 heavy (non-hydrogen) atoms. The van der Waals surface area contributed by atoms with Gasteiger partial charge in [0, 0.05) is 0 Å². The first kappa shape index (κ1) is 16.0. The van der Waals surface area contributed by atoms with Gasteiger partial charge in [-0.3, -0.25) is 0 Å². The van der Waals surface area contributed by atoms with Gasteiger partial charge in [0.15, 0.2) is 0 Å². The van der Waals surface area contributed by atoms with Crippen LogP contribution in [-0.2, 0) is 5.41 Å². The van der Waals surface area contributed by atoms with Crippen LogP contribution >= 0.6 is 0 Å². The Bertz CT molecular complexity index is 383. The van der Waals surface area contributed by atoms with Crippen molar-refractivity contribution in [1.82, 2.24) is 0 Å². The first-order chi connectivity index (χ1) is 8.88. The molecule has 3 N–H and O–H groups in total. The molecule has 0 bridgehead atoms. The number of rotatable bonds is 6. The fourth-order valence-corrected chi connectivity index (χ4v) is 1.73. The van der Waals surface area contributed by atoms with Crippen molar-refractivity contribution in [3.05, 3.63) is 29.8 Å². The van der Waals surface area contributed by atoms with Crippen LogP contribution in [0.2, 0.25) is 0 Å². The highest BCUT2D eigenvalue weighted by atomic mass is 16.5. The third kappa shape index (κ3) is 3.93. The minimum Gasteiger partial charge on any atom is -0.492 e. The molecule has 0 unspecified atom stereocenters. The van der Waals surface area contributed by atoms with E-state index in [2.05, 4.69) is 20.8 Å². The summed E-state index contributed by atoms with van der Waals surface area (Å²) in [5, 5.41) is 27.9. The van der Waals surface area contributed by atoms with Crippen molar-refractivity contribution in [2.75, 3.05) is 26.4 Å². The smallest absolute Gasteiger partial charge is 0.123 e. The molecule has 0 fully saturated rings. The van der Waals surface area contributed by atoms with Crippen molar-refractivity contribution in [1.29, 1.82) is 0 Å². The van der Waals surface area contributed by atoms with Crippen molar-refractivity contribution in [2.45, 2.75) is 26.2 Å². The van der Waals surface area contributed by atoms with Gasteiger partial charge in [0.2, 0.25) is 0 Å². The van der Waals surface area contributed by atoms with Crippen LogP contribution in [0.15, 0.2) is 24.3 Å². The minimum atomic E-state index is -1.01. The number of benzene rings is 1. The topological polar surface area (TPSA) is 69.9 Å². The van der Waals surface area contributed by atoms with Gasteiger partial charge in [-0.25, -0.2) is 0 Å². The predicted molar refractivity (Wildman–Crippen MR) is 74.3 cm³/mol. The maximum atomic E-state index is 9.28. The van der Waals surface area contributed by atoms with Crippen molar-refractivity contribution in [3.63, 3.8) is 0 Å². The normalized spacial score (nSPS) is 12.5. The Kier molecular flexibility index (Phi) is 5.35. The molecule has 0 saturated heterocycles. The lowest BCUT2D eigenvalue weighted by atomic mass is 9.86. The van der Waals surface area contributed by atoms with Crippen molar-refractivity contribution < 1.29 is 20.1 Å². The Morgan fingerprint density at radius 3 is 1.95 bits per heavy atom. The van der Waals surface area contributed by atoms with E-state index in [0.717, 1.165) is 11.3 Å². The van der Waals surface area contributed by atoms with Crippen LogP contribution in [0.3, 0.4) is 0 Å². The Balaban J connectivity index is 2.89. The van der Waals surface area contributed by atoms with Gasteiger partial charge in [-0.2, -0.15) is 0 Å². The van der Waals surface area contributed by atoms with Gasteiger partial charge in [-0.1, -0.05) is 39.0 Å². The molecule has 1 aromatic carbocycles. The van der Waals surface area contributed by atoms with Gasteiger partial charge in [-0.05, 0) is 17.0 Å². The summed E-state index contributed by atoms with van der Waals surface area (Å²) in [5.41, 5.74) is -0.0141. The summed E-state index contributed by atoms with van der Waals surface area (Å²) in [6.07, 6.45) is 0. The zero-order chi connectivity index (χ0) is 14.5. The molecular weight excluding hydrogens is 244 g/mol. The lowest BCUT2D eigenvalue weighted by Crippen LogP contribution is -2.40. The molecule has 0 amide bonds. The molecule has 0 saturated carbocycles. The standard InChI is InChI=1S/C15H24O4/c1-14(2,3)12-6-4-5-7-13(12)19-11-15(8-16,9-17)10-18/h4-7,16-18H,8-11H2,1-3H3. The summed E-state index contributed by atoms with van der Waals surface area (Å²) in [7, 11) is 0. The summed E-state index contributed by atoms with van der Waals surface area (Å²) >= 11 is 0. The number of hydrogen-bond donors (Lipinski definition) is 3. The van der Waals surface area contributed by atoms with E-state index in [4.69, 9.17) is 4.74 Å². The maximum absolute atomic E-state index is 9.28. The molecule has 0 heterocycles. The third-order valence-corrected chi connectivity index (χ3v) is 3.24. The highest BCUT2D eigenvalue weighted by Crippen LogP contribution is 2.31. The Morgan fingerprint density at radius 1 is 0.947 bits per heavy atom. The van der Waals surface area contributed by atoms with Crippen LogP contribution in [0.1, 0.15) is 26.3 Å². The van der Waals surface area contributed by atoms with Gasteiger partial charge in [0.25, 0.3) is 0 Å². The van der Waals surface area contributed by atoms with Crippen LogP contribution in [0, 0.1) is 5.41 Å². The Morgan fingerprint density at radius 2 is 1.47 bits per heavy atom. The first-order valence-corrected chi connectivity index (χ1v) is 6.43. The summed E-state index contributed by atoms with van der Waals surface area (Å²) in [6, 6.07) is 7.68. The molecule has 4 nitrogen and oxygen atoms in total. The molecule has 0 aliphatic rings. The molecule has 4 heteroatoms. The first-order valence-electron chi connectivity index (χ1n) is 6.43. The van der Waals surface area contributed by atoms with Crippen LogP contribution < -0.4 is 4.74 Å². The molecule has 0 atom stereocenters. The zero-order valence-electron chi connectivity index (χ0n) is 11.9. The summed E-state index contributed by atoms with van der Waals surface area (Å²) in [5.74, 6) is 0.717. The molecule has 0 aliphatic heterocycles. The van der Waals surface area contributed by atoms with Gasteiger partial charge < -0.3 is 20.1 Å². The predicted octanol–water partition coefficient (Wildman–Crippen LogP) is 1.33. The molecule has 1 aromatic rings. The fraction of sp³-hybridized carbons (Fsp3) is 0.600. The largest absolute Gasteiger partial charge is 0.492 e. The lowest BCUT2D eigenvalue weighted by Gasteiger charge is -2.29. The molecule has 0 aromatic heterocycles. The highest BCUT2D eigenvalue weighted by Gasteiger charge is 2.30. The molecular formula is C15H24O4. The summed E-state index contributed by atoms with van der Waals surface area (Å²) in [4.78, 5) is 0. The molecule has 0 aliphatic carbocycles. The van der Waals surface area contributed by atoms with Crippen molar-refractivity contribution in [3.8, 4) is 5.75 Å². The number of aliphatic hydroxyl groups excluding tert-OH is 3. The van der Waals surface area contributed by atoms with Crippen LogP contribution in [0.25, 0.3) is 0 Å². The van der Waals surface area contributed by atoms with E-state index in [9.17, 15) is 15.3 Å². The SMILES string of the molecule is CC(C)(C)c1ccccc1OCC(CO)(CO)CO. The highest BCUT2D eigenvalue weighted by molar-refractivity contribution is 5.38. The van der Waals surface area contributed by atoms with Crippen molar-refractivity contribution in [2.24, 2.45) is 5.41 Å². The van der Waals surface area contributed by atoms with E-state index < -0.39 is 5.41 Å². The number of ether oxygens (including phenoxy) is 1. The molecule has 0 spiro atoms. The van der Waals surface area contributed by atoms with Gasteiger partial charge >= 0.3 is 0 Å². The molecule has 108 valence electrons. The second-order valence-corrected chi connectivity index (χ2v) is 6.01. The van der Waals surface area contributed by atoms with Crippen molar-refractivity contribution >= 4 is 0 Å². The second kappa shape index (κ2) is 6.37. The summed E-state index contributed by atoms with van der Waals surface area (Å²) < 4.78 is 5.72. The van der Waals surface area contributed by atoms with E-state index in [0.29, 0.717) is 0 Å². The third-order valence-electron chi connectivity index (χ3n) is 3.24. The number of hydrogen-bond acceptors (Lipinski definition) is 4. The van der Waals surface area contributed by atoms with E-state index in [1.807, 2.05) is 24.3 Å². The fourth-order valence-electron chi connectivity index (χ4n) is 1.73. The van der Waals surface area contributed by atoms with Gasteiger partial charge in [0.1, 0.15) is 12.4 Å². The maximum Gasteiger partial charge on any atom is 0.123 e. The van der Waals surface area contributed by atoms with E-state index in [-0.39, 0.29) is 31.8 Å². The number of para-hydroxylation sites is 1. The molecule has 1 rings (SSSR count). The van der Waals surface area contributed by atoms with Crippen LogP contribution in [0.4, 0.5) is 0 Å². The summed E-state index contributed by atoms with van der Waals surface area (Å²) in [6.45, 7) is 5.38. The van der Waals surface area contributed by atoms with Gasteiger partial charge in [0.05, 0.1) is 25.2 Å². The number of aliphatic hydroxyl groups is 3. The lowest BCUT2D eigenvalue weighted by molar-refractivity contribution is -0.0262. The average molecular weight is 268 g/mol. The quantitative estimate of drug-likeness (QED) is 0.728. The van der Waals surface area contributed by atoms with E-state index in [1.54, 1.807) is 0 Å². The zero-order valence-corrected chi connectivity index (χ0v) is 11.9. The molecule has 0 radical (unpaired) electrons. The monoisotopic (exact) mass is 268 g/mol. The minimum absolute atomic E-state index is 0.0586. The van der Waals surface area contributed by atoms with Crippen LogP contribution in [-0.4, -0.2) is 41.7 Å². The van der Waals surface area contributed by atoms with E-state index in [1.165, 1.54) is 0 Å². The second-order valence-electron chi connectivity index (χ2n) is 6.01. The average Bonchev–Trinajstić information content (AvgIpc) is 2.40.